The van der Waals surface area contributed by atoms with Crippen molar-refractivity contribution in [2.24, 2.45) is 0 Å². The lowest BCUT2D eigenvalue weighted by Gasteiger charge is -2.16. The fraction of sp³-hybridized carbons (Fsp3) is 0.417. The van der Waals surface area contributed by atoms with Crippen molar-refractivity contribution in [3.8, 4) is 5.75 Å². The van der Waals surface area contributed by atoms with Crippen molar-refractivity contribution < 1.29 is 9.52 Å². The van der Waals surface area contributed by atoms with Crippen LogP contribution in [0, 0.1) is 0 Å². The lowest BCUT2D eigenvalue weighted by atomic mass is 10.3. The summed E-state index contributed by atoms with van der Waals surface area (Å²) in [5.41, 5.74) is 0.985. The molecule has 1 aromatic carbocycles. The second-order valence-corrected chi connectivity index (χ2v) is 4.80. The first kappa shape index (κ1) is 14.2. The molecule has 5 nitrogen and oxygen atoms in total. The number of hydrogen-bond acceptors (Lipinski definition) is 5. The molecule has 0 unspecified atom stereocenters. The summed E-state index contributed by atoms with van der Waals surface area (Å²) in [5, 5.41) is 13.5. The average molecular weight is 304 g/mol. The van der Waals surface area contributed by atoms with Gasteiger partial charge in [-0.05, 0) is 19.0 Å². The SMILES string of the molecule is Cl.Oc1cc(Cl)cc2nc(N3CCCNCC3)oc12. The predicted octanol–water partition coefficient (Wildman–Crippen LogP) is 2.41. The molecule has 1 aromatic heterocycles. The molecule has 2 aromatic rings. The Hall–Kier alpha value is -1.17. The van der Waals surface area contributed by atoms with E-state index in [0.717, 1.165) is 32.6 Å². The zero-order chi connectivity index (χ0) is 12.5. The van der Waals surface area contributed by atoms with E-state index in [4.69, 9.17) is 16.0 Å². The third-order valence-electron chi connectivity index (χ3n) is 3.03. The number of fused-ring (bicyclic) bond motifs is 1. The zero-order valence-electron chi connectivity index (χ0n) is 10.2. The van der Waals surface area contributed by atoms with Gasteiger partial charge in [0, 0.05) is 30.7 Å². The van der Waals surface area contributed by atoms with E-state index in [0.29, 0.717) is 22.1 Å². The number of rotatable bonds is 1. The number of benzene rings is 1. The first-order valence-corrected chi connectivity index (χ1v) is 6.36. The van der Waals surface area contributed by atoms with Crippen LogP contribution in [-0.2, 0) is 0 Å². The maximum atomic E-state index is 9.77. The molecule has 0 amide bonds. The van der Waals surface area contributed by atoms with Crippen molar-refractivity contribution in [3.05, 3.63) is 17.2 Å². The van der Waals surface area contributed by atoms with E-state index in [9.17, 15) is 5.11 Å². The molecule has 7 heteroatoms. The molecular weight excluding hydrogens is 289 g/mol. The monoisotopic (exact) mass is 303 g/mol. The largest absolute Gasteiger partial charge is 0.504 e. The van der Waals surface area contributed by atoms with Crippen molar-refractivity contribution in [3.63, 3.8) is 0 Å². The van der Waals surface area contributed by atoms with Crippen molar-refractivity contribution in [1.29, 1.82) is 0 Å². The highest BCUT2D eigenvalue weighted by atomic mass is 35.5. The Morgan fingerprint density at radius 1 is 1.32 bits per heavy atom. The summed E-state index contributed by atoms with van der Waals surface area (Å²) in [4.78, 5) is 6.46. The molecule has 0 bridgehead atoms. The molecule has 0 aliphatic carbocycles. The van der Waals surface area contributed by atoms with Crippen LogP contribution in [0.15, 0.2) is 16.5 Å². The van der Waals surface area contributed by atoms with Gasteiger partial charge in [-0.1, -0.05) is 11.6 Å². The van der Waals surface area contributed by atoms with Gasteiger partial charge in [-0.25, -0.2) is 0 Å². The molecule has 1 saturated heterocycles. The van der Waals surface area contributed by atoms with Crippen LogP contribution in [0.4, 0.5) is 6.01 Å². The van der Waals surface area contributed by atoms with E-state index in [1.165, 1.54) is 6.07 Å². The number of oxazole rings is 1. The van der Waals surface area contributed by atoms with Crippen LogP contribution in [0.1, 0.15) is 6.42 Å². The fourth-order valence-corrected chi connectivity index (χ4v) is 2.35. The summed E-state index contributed by atoms with van der Waals surface area (Å²) in [5.74, 6) is 0.0317. The minimum absolute atomic E-state index is 0. The molecule has 0 radical (unpaired) electrons. The van der Waals surface area contributed by atoms with E-state index < -0.39 is 0 Å². The van der Waals surface area contributed by atoms with Crippen LogP contribution in [0.5, 0.6) is 5.75 Å². The molecule has 19 heavy (non-hydrogen) atoms. The number of anilines is 1. The predicted molar refractivity (Wildman–Crippen MR) is 77.6 cm³/mol. The van der Waals surface area contributed by atoms with Gasteiger partial charge in [0.05, 0.1) is 0 Å². The van der Waals surface area contributed by atoms with Gasteiger partial charge in [0.15, 0.2) is 11.3 Å². The van der Waals surface area contributed by atoms with Crippen LogP contribution in [-0.4, -0.2) is 36.3 Å². The number of nitrogens with one attached hydrogen (secondary N) is 1. The van der Waals surface area contributed by atoms with Crippen LogP contribution >= 0.6 is 24.0 Å². The molecule has 1 aliphatic rings. The molecule has 1 fully saturated rings. The first-order chi connectivity index (χ1) is 8.74. The molecule has 0 atom stereocenters. The minimum atomic E-state index is 0. The minimum Gasteiger partial charge on any atom is -0.504 e. The highest BCUT2D eigenvalue weighted by Gasteiger charge is 2.17. The molecule has 0 saturated carbocycles. The Morgan fingerprint density at radius 3 is 3.00 bits per heavy atom. The number of aromatic hydroxyl groups is 1. The van der Waals surface area contributed by atoms with E-state index in [1.807, 2.05) is 0 Å². The molecule has 1 aliphatic heterocycles. The molecule has 2 N–H and O–H groups in total. The average Bonchev–Trinajstić information content (AvgIpc) is 2.59. The summed E-state index contributed by atoms with van der Waals surface area (Å²) in [6.07, 6.45) is 1.05. The van der Waals surface area contributed by atoms with E-state index >= 15 is 0 Å². The topological polar surface area (TPSA) is 61.5 Å². The van der Waals surface area contributed by atoms with Gasteiger partial charge >= 0.3 is 0 Å². The Kier molecular flexibility index (Phi) is 4.39. The van der Waals surface area contributed by atoms with Crippen LogP contribution < -0.4 is 10.2 Å². The number of phenols is 1. The summed E-state index contributed by atoms with van der Waals surface area (Å²) < 4.78 is 5.63. The summed E-state index contributed by atoms with van der Waals surface area (Å²) in [6.45, 7) is 3.66. The lowest BCUT2D eigenvalue weighted by molar-refractivity contribution is 0.463. The second-order valence-electron chi connectivity index (χ2n) is 4.36. The molecule has 0 spiro atoms. The molecule has 3 rings (SSSR count). The molecule has 2 heterocycles. The number of nitrogens with zero attached hydrogens (tertiary/aromatic N) is 2. The van der Waals surface area contributed by atoms with Gasteiger partial charge in [0.2, 0.25) is 0 Å². The van der Waals surface area contributed by atoms with Gasteiger partial charge in [0.25, 0.3) is 6.01 Å². The number of phenolic OH excluding ortho intramolecular Hbond substituents is 1. The van der Waals surface area contributed by atoms with Crippen molar-refractivity contribution in [2.75, 3.05) is 31.1 Å². The Balaban J connectivity index is 0.00000133. The Bertz CT molecular complexity index is 565. The van der Waals surface area contributed by atoms with Gasteiger partial charge < -0.3 is 19.7 Å². The van der Waals surface area contributed by atoms with E-state index in [-0.39, 0.29) is 18.2 Å². The van der Waals surface area contributed by atoms with Crippen molar-refractivity contribution in [2.45, 2.75) is 6.42 Å². The van der Waals surface area contributed by atoms with Gasteiger partial charge in [-0.15, -0.1) is 12.4 Å². The quantitative estimate of drug-likeness (QED) is 0.847. The second kappa shape index (κ2) is 5.86. The van der Waals surface area contributed by atoms with Crippen molar-refractivity contribution >= 4 is 41.1 Å². The number of halogens is 2. The summed E-state index contributed by atoms with van der Waals surface area (Å²) in [6, 6.07) is 3.70. The molecular formula is C12H15Cl2N3O2. The Morgan fingerprint density at radius 2 is 2.16 bits per heavy atom. The van der Waals surface area contributed by atoms with E-state index in [2.05, 4.69) is 15.2 Å². The summed E-state index contributed by atoms with van der Waals surface area (Å²) in [7, 11) is 0. The Labute approximate surface area is 122 Å². The van der Waals surface area contributed by atoms with Crippen LogP contribution in [0.2, 0.25) is 5.02 Å². The highest BCUT2D eigenvalue weighted by Crippen LogP contribution is 2.32. The lowest BCUT2D eigenvalue weighted by Crippen LogP contribution is -2.27. The van der Waals surface area contributed by atoms with Crippen molar-refractivity contribution in [1.82, 2.24) is 10.3 Å². The third kappa shape index (κ3) is 2.88. The zero-order valence-corrected chi connectivity index (χ0v) is 11.8. The van der Waals surface area contributed by atoms with E-state index in [1.54, 1.807) is 6.07 Å². The van der Waals surface area contributed by atoms with Gasteiger partial charge in [-0.3, -0.25) is 0 Å². The van der Waals surface area contributed by atoms with Crippen LogP contribution in [0.25, 0.3) is 11.1 Å². The highest BCUT2D eigenvalue weighted by molar-refractivity contribution is 6.31. The number of aromatic nitrogens is 1. The maximum Gasteiger partial charge on any atom is 0.298 e. The summed E-state index contributed by atoms with van der Waals surface area (Å²) >= 11 is 5.88. The van der Waals surface area contributed by atoms with Gasteiger partial charge in [0.1, 0.15) is 5.52 Å². The standard InChI is InChI=1S/C12H14ClN3O2.ClH/c13-8-6-9-11(10(17)7-8)18-12(15-9)16-4-1-2-14-3-5-16;/h6-7,14,17H,1-5H2;1H. The maximum absolute atomic E-state index is 9.77. The van der Waals surface area contributed by atoms with Gasteiger partial charge in [-0.2, -0.15) is 4.98 Å². The first-order valence-electron chi connectivity index (χ1n) is 5.99. The fourth-order valence-electron chi connectivity index (χ4n) is 2.14. The third-order valence-corrected chi connectivity index (χ3v) is 3.25. The smallest absolute Gasteiger partial charge is 0.298 e. The normalized spacial score (nSPS) is 16.2. The number of hydrogen-bond donors (Lipinski definition) is 2. The molecule has 104 valence electrons. The van der Waals surface area contributed by atoms with Crippen LogP contribution in [0.3, 0.4) is 0 Å².